The molecule has 2 aliphatic heterocycles. The third-order valence-electron chi connectivity index (χ3n) is 5.70. The quantitative estimate of drug-likeness (QED) is 0.643. The highest BCUT2D eigenvalue weighted by atomic mass is 35.5. The molecule has 6 heteroatoms. The Morgan fingerprint density at radius 1 is 0.828 bits per heavy atom. The molecule has 2 heterocycles. The minimum atomic E-state index is -0.148. The highest BCUT2D eigenvalue weighted by Crippen LogP contribution is 2.40. The summed E-state index contributed by atoms with van der Waals surface area (Å²) in [6, 6.07) is 14.1. The molecule has 2 fully saturated rings. The van der Waals surface area contributed by atoms with Gasteiger partial charge in [0.15, 0.2) is 0 Å². The van der Waals surface area contributed by atoms with E-state index in [9.17, 15) is 9.59 Å². The molecule has 148 valence electrons. The van der Waals surface area contributed by atoms with Crippen LogP contribution in [0.25, 0.3) is 0 Å². The van der Waals surface area contributed by atoms with Gasteiger partial charge < -0.3 is 9.80 Å². The Labute approximate surface area is 180 Å². The summed E-state index contributed by atoms with van der Waals surface area (Å²) in [7, 11) is 0. The summed E-state index contributed by atoms with van der Waals surface area (Å²) < 4.78 is 0. The van der Waals surface area contributed by atoms with Crippen LogP contribution in [0.5, 0.6) is 0 Å². The number of likely N-dealkylation sites (tertiary alicyclic amines) is 2. The SMILES string of the molecule is O=C(C#Cc1ccc(Cl)cc1)N1CC2(CCN(C(=O)c3ccc(Cl)cc3)CC2)C1. The molecular formula is C23H20Cl2N2O2. The lowest BCUT2D eigenvalue weighted by Crippen LogP contribution is -2.62. The van der Waals surface area contributed by atoms with Crippen LogP contribution in [0.15, 0.2) is 48.5 Å². The number of hydrogen-bond acceptors (Lipinski definition) is 2. The Kier molecular flexibility index (Phi) is 5.54. The van der Waals surface area contributed by atoms with Crippen LogP contribution in [0.4, 0.5) is 0 Å². The van der Waals surface area contributed by atoms with Crippen LogP contribution in [0.1, 0.15) is 28.8 Å². The first-order valence-electron chi connectivity index (χ1n) is 9.56. The second kappa shape index (κ2) is 8.10. The number of benzene rings is 2. The number of amides is 2. The van der Waals surface area contributed by atoms with Gasteiger partial charge in [-0.3, -0.25) is 9.59 Å². The number of nitrogens with zero attached hydrogens (tertiary/aromatic N) is 2. The van der Waals surface area contributed by atoms with Crippen molar-refractivity contribution in [3.63, 3.8) is 0 Å². The lowest BCUT2D eigenvalue weighted by molar-refractivity contribution is -0.139. The van der Waals surface area contributed by atoms with Gasteiger partial charge in [-0.25, -0.2) is 0 Å². The average molecular weight is 427 g/mol. The first-order valence-corrected chi connectivity index (χ1v) is 10.3. The van der Waals surface area contributed by atoms with Crippen molar-refractivity contribution in [3.05, 3.63) is 69.7 Å². The monoisotopic (exact) mass is 426 g/mol. The molecule has 4 nitrogen and oxygen atoms in total. The van der Waals surface area contributed by atoms with Crippen LogP contribution in [0.2, 0.25) is 10.0 Å². The van der Waals surface area contributed by atoms with Gasteiger partial charge in [-0.05, 0) is 61.4 Å². The van der Waals surface area contributed by atoms with E-state index in [1.165, 1.54) is 0 Å². The molecule has 0 aliphatic carbocycles. The van der Waals surface area contributed by atoms with Gasteiger partial charge >= 0.3 is 0 Å². The standard InChI is InChI=1S/C23H20Cl2N2O2/c24-19-6-1-17(2-7-19)3-10-21(28)27-15-23(16-27)11-13-26(14-12-23)22(29)18-4-8-20(25)9-5-18/h1-2,4-9H,11-16H2. The van der Waals surface area contributed by atoms with Gasteiger partial charge in [0, 0.05) is 58.7 Å². The van der Waals surface area contributed by atoms with Gasteiger partial charge in [0.1, 0.15) is 0 Å². The molecule has 2 amide bonds. The zero-order valence-electron chi connectivity index (χ0n) is 15.8. The van der Waals surface area contributed by atoms with Gasteiger partial charge in [0.05, 0.1) is 0 Å². The second-order valence-electron chi connectivity index (χ2n) is 7.72. The highest BCUT2D eigenvalue weighted by molar-refractivity contribution is 6.30. The van der Waals surface area contributed by atoms with Gasteiger partial charge in [-0.2, -0.15) is 0 Å². The largest absolute Gasteiger partial charge is 0.339 e. The van der Waals surface area contributed by atoms with Crippen molar-refractivity contribution in [2.24, 2.45) is 5.41 Å². The maximum atomic E-state index is 12.6. The Bertz CT molecular complexity index is 974. The van der Waals surface area contributed by atoms with Crippen LogP contribution in [-0.4, -0.2) is 47.8 Å². The summed E-state index contributed by atoms with van der Waals surface area (Å²) in [5.41, 5.74) is 1.55. The minimum absolute atomic E-state index is 0.0394. The van der Waals surface area contributed by atoms with Gasteiger partial charge in [-0.15, -0.1) is 0 Å². The number of hydrogen-bond donors (Lipinski definition) is 0. The molecule has 29 heavy (non-hydrogen) atoms. The molecule has 2 saturated heterocycles. The van der Waals surface area contributed by atoms with E-state index in [1.54, 1.807) is 53.4 Å². The van der Waals surface area contributed by atoms with E-state index in [0.29, 0.717) is 41.8 Å². The Hall–Kier alpha value is -2.48. The number of carbonyl (C=O) groups is 2. The zero-order chi connectivity index (χ0) is 20.4. The van der Waals surface area contributed by atoms with Crippen molar-refractivity contribution >= 4 is 35.0 Å². The number of rotatable bonds is 1. The second-order valence-corrected chi connectivity index (χ2v) is 8.59. The molecule has 0 aromatic heterocycles. The summed E-state index contributed by atoms with van der Waals surface area (Å²) in [5, 5.41) is 1.27. The molecule has 2 aromatic rings. The van der Waals surface area contributed by atoms with E-state index < -0.39 is 0 Å². The van der Waals surface area contributed by atoms with Crippen LogP contribution >= 0.6 is 23.2 Å². The summed E-state index contributed by atoms with van der Waals surface area (Å²) in [6.07, 6.45) is 1.81. The van der Waals surface area contributed by atoms with Crippen molar-refractivity contribution in [2.75, 3.05) is 26.2 Å². The fourth-order valence-corrected chi connectivity index (χ4v) is 4.17. The molecule has 0 bridgehead atoms. The maximum absolute atomic E-state index is 12.6. The summed E-state index contributed by atoms with van der Waals surface area (Å²) in [4.78, 5) is 28.6. The number of halogens is 2. The molecule has 2 aliphatic rings. The molecule has 0 N–H and O–H groups in total. The predicted octanol–water partition coefficient (Wildman–Crippen LogP) is 4.11. The molecule has 0 radical (unpaired) electrons. The fourth-order valence-electron chi connectivity index (χ4n) is 3.92. The number of carbonyl (C=O) groups excluding carboxylic acids is 2. The van der Waals surface area contributed by atoms with E-state index in [0.717, 1.165) is 18.4 Å². The Morgan fingerprint density at radius 3 is 1.97 bits per heavy atom. The summed E-state index contributed by atoms with van der Waals surface area (Å²) >= 11 is 11.8. The smallest absolute Gasteiger partial charge is 0.298 e. The minimum Gasteiger partial charge on any atom is -0.339 e. The van der Waals surface area contributed by atoms with Crippen LogP contribution in [-0.2, 0) is 4.79 Å². The Balaban J connectivity index is 1.29. The normalized spacial score (nSPS) is 17.3. The molecule has 0 saturated carbocycles. The van der Waals surface area contributed by atoms with E-state index >= 15 is 0 Å². The molecule has 0 atom stereocenters. The summed E-state index contributed by atoms with van der Waals surface area (Å²) in [6.45, 7) is 2.84. The maximum Gasteiger partial charge on any atom is 0.298 e. The third kappa shape index (κ3) is 4.42. The predicted molar refractivity (Wildman–Crippen MR) is 114 cm³/mol. The first kappa shape index (κ1) is 19.8. The van der Waals surface area contributed by atoms with E-state index in [-0.39, 0.29) is 17.2 Å². The molecule has 0 unspecified atom stereocenters. The first-order chi connectivity index (χ1) is 13.9. The molecule has 2 aromatic carbocycles. The van der Waals surface area contributed by atoms with Gasteiger partial charge in [0.25, 0.3) is 11.8 Å². The van der Waals surface area contributed by atoms with E-state index in [2.05, 4.69) is 11.8 Å². The van der Waals surface area contributed by atoms with Gasteiger partial charge in [0.2, 0.25) is 0 Å². The number of piperidine rings is 1. The topological polar surface area (TPSA) is 40.6 Å². The average Bonchev–Trinajstić information content (AvgIpc) is 2.71. The van der Waals surface area contributed by atoms with Crippen LogP contribution < -0.4 is 0 Å². The van der Waals surface area contributed by atoms with Gasteiger partial charge in [-0.1, -0.05) is 29.1 Å². The van der Waals surface area contributed by atoms with E-state index in [1.807, 2.05) is 4.90 Å². The fraction of sp³-hybridized carbons (Fsp3) is 0.304. The van der Waals surface area contributed by atoms with Crippen molar-refractivity contribution < 1.29 is 9.59 Å². The lowest BCUT2D eigenvalue weighted by atomic mass is 9.72. The zero-order valence-corrected chi connectivity index (χ0v) is 17.3. The van der Waals surface area contributed by atoms with Crippen molar-refractivity contribution in [1.82, 2.24) is 9.80 Å². The molecule has 4 rings (SSSR count). The van der Waals surface area contributed by atoms with Crippen molar-refractivity contribution in [3.8, 4) is 11.8 Å². The van der Waals surface area contributed by atoms with Crippen molar-refractivity contribution in [1.29, 1.82) is 0 Å². The summed E-state index contributed by atoms with van der Waals surface area (Å²) in [5.74, 6) is 5.50. The highest BCUT2D eigenvalue weighted by Gasteiger charge is 2.46. The molecular weight excluding hydrogens is 407 g/mol. The third-order valence-corrected chi connectivity index (χ3v) is 6.20. The van der Waals surface area contributed by atoms with E-state index in [4.69, 9.17) is 23.2 Å². The van der Waals surface area contributed by atoms with Crippen LogP contribution in [0, 0.1) is 17.3 Å². The van der Waals surface area contributed by atoms with Crippen molar-refractivity contribution in [2.45, 2.75) is 12.8 Å². The Morgan fingerprint density at radius 2 is 1.38 bits per heavy atom. The lowest BCUT2D eigenvalue weighted by Gasteiger charge is -2.53. The van der Waals surface area contributed by atoms with Crippen LogP contribution in [0.3, 0.4) is 0 Å². The molecule has 1 spiro atoms.